The van der Waals surface area contributed by atoms with E-state index in [1.807, 2.05) is 6.92 Å². The van der Waals surface area contributed by atoms with E-state index in [-0.39, 0.29) is 11.5 Å². The van der Waals surface area contributed by atoms with E-state index in [0.717, 1.165) is 25.9 Å². The van der Waals surface area contributed by atoms with E-state index >= 15 is 0 Å². The van der Waals surface area contributed by atoms with Crippen LogP contribution in [0.2, 0.25) is 25.7 Å². The molecule has 0 aromatic heterocycles. The Kier molecular flexibility index (Phi) is 5.81. The van der Waals surface area contributed by atoms with Crippen LogP contribution >= 0.6 is 0 Å². The maximum absolute atomic E-state index is 12.7. The zero-order chi connectivity index (χ0) is 14.7. The van der Waals surface area contributed by atoms with Crippen LogP contribution < -0.4 is 0 Å². The van der Waals surface area contributed by atoms with Crippen LogP contribution in [0.15, 0.2) is 0 Å². The fourth-order valence-corrected chi connectivity index (χ4v) is 5.90. The van der Waals surface area contributed by atoms with E-state index in [2.05, 4.69) is 33.5 Å². The zero-order valence-corrected chi connectivity index (χ0v) is 14.7. The summed E-state index contributed by atoms with van der Waals surface area (Å²) in [4.78, 5) is 12.7. The standard InChI is InChI=1S/C16H32O2Si/c1-7-16(8-2)13(12-19(4,5)6)10-14(18-9-3)11-15(16)17/h13-14H,7-12H2,1-6H3/t13-,14-/m1/s1. The molecule has 1 fully saturated rings. The van der Waals surface area contributed by atoms with Gasteiger partial charge in [-0.25, -0.2) is 0 Å². The predicted octanol–water partition coefficient (Wildman–Crippen LogP) is 4.52. The first-order valence-corrected chi connectivity index (χ1v) is 11.6. The summed E-state index contributed by atoms with van der Waals surface area (Å²) in [6.45, 7) is 14.4. The number of hydrogen-bond acceptors (Lipinski definition) is 2. The minimum Gasteiger partial charge on any atom is -0.378 e. The van der Waals surface area contributed by atoms with Gasteiger partial charge in [0.1, 0.15) is 5.78 Å². The van der Waals surface area contributed by atoms with Gasteiger partial charge < -0.3 is 4.74 Å². The SMILES string of the molecule is CCO[C@H]1CC(=O)C(CC)(CC)[C@@H](C[Si](C)(C)C)C1. The van der Waals surface area contributed by atoms with Crippen molar-refractivity contribution in [3.8, 4) is 0 Å². The zero-order valence-electron chi connectivity index (χ0n) is 13.7. The lowest BCUT2D eigenvalue weighted by atomic mass is 9.62. The number of carbonyl (C=O) groups is 1. The van der Waals surface area contributed by atoms with E-state index in [1.54, 1.807) is 0 Å². The summed E-state index contributed by atoms with van der Waals surface area (Å²) < 4.78 is 5.77. The normalized spacial score (nSPS) is 27.6. The third-order valence-electron chi connectivity index (χ3n) is 4.82. The smallest absolute Gasteiger partial charge is 0.141 e. The summed E-state index contributed by atoms with van der Waals surface area (Å²) in [5.74, 6) is 0.998. The highest BCUT2D eigenvalue weighted by Crippen LogP contribution is 2.48. The van der Waals surface area contributed by atoms with E-state index in [1.165, 1.54) is 6.04 Å². The molecule has 0 aromatic rings. The molecule has 0 amide bonds. The van der Waals surface area contributed by atoms with Gasteiger partial charge in [0.15, 0.2) is 0 Å². The second-order valence-electron chi connectivity index (χ2n) is 7.27. The van der Waals surface area contributed by atoms with Gasteiger partial charge in [0.25, 0.3) is 0 Å². The van der Waals surface area contributed by atoms with Crippen LogP contribution in [0.5, 0.6) is 0 Å². The largest absolute Gasteiger partial charge is 0.378 e. The molecule has 0 saturated heterocycles. The van der Waals surface area contributed by atoms with Crippen molar-refractivity contribution in [3.63, 3.8) is 0 Å². The monoisotopic (exact) mass is 284 g/mol. The quantitative estimate of drug-likeness (QED) is 0.671. The lowest BCUT2D eigenvalue weighted by Gasteiger charge is -2.46. The molecule has 0 aromatic carbocycles. The molecule has 0 unspecified atom stereocenters. The van der Waals surface area contributed by atoms with Crippen LogP contribution in [0.3, 0.4) is 0 Å². The summed E-state index contributed by atoms with van der Waals surface area (Å²) in [6.07, 6.45) is 3.89. The highest BCUT2D eigenvalue weighted by Gasteiger charge is 2.48. The topological polar surface area (TPSA) is 26.3 Å². The molecule has 0 radical (unpaired) electrons. The van der Waals surface area contributed by atoms with Gasteiger partial charge >= 0.3 is 0 Å². The predicted molar refractivity (Wildman–Crippen MR) is 84.3 cm³/mol. The second kappa shape index (κ2) is 6.53. The van der Waals surface area contributed by atoms with Crippen molar-refractivity contribution in [3.05, 3.63) is 0 Å². The fraction of sp³-hybridized carbons (Fsp3) is 0.938. The van der Waals surface area contributed by atoms with Gasteiger partial charge in [0.2, 0.25) is 0 Å². The number of Topliss-reactive ketones (excluding diaryl/α,β-unsaturated/α-hetero) is 1. The highest BCUT2D eigenvalue weighted by atomic mass is 28.3. The van der Waals surface area contributed by atoms with Crippen LogP contribution in [-0.4, -0.2) is 26.6 Å². The average Bonchev–Trinajstić information content (AvgIpc) is 2.28. The van der Waals surface area contributed by atoms with E-state index in [0.29, 0.717) is 18.1 Å². The Balaban J connectivity index is 2.97. The highest BCUT2D eigenvalue weighted by molar-refractivity contribution is 6.76. The first kappa shape index (κ1) is 16.9. The molecular formula is C16H32O2Si. The van der Waals surface area contributed by atoms with Crippen molar-refractivity contribution in [2.24, 2.45) is 11.3 Å². The molecule has 0 bridgehead atoms. The summed E-state index contributed by atoms with van der Waals surface area (Å²) >= 11 is 0. The summed E-state index contributed by atoms with van der Waals surface area (Å²) in [5, 5.41) is 0. The Morgan fingerprint density at radius 1 is 1.21 bits per heavy atom. The van der Waals surface area contributed by atoms with Gasteiger partial charge in [0.05, 0.1) is 6.10 Å². The molecular weight excluding hydrogens is 252 g/mol. The molecule has 0 spiro atoms. The molecule has 3 heteroatoms. The Bertz CT molecular complexity index is 302. The molecule has 19 heavy (non-hydrogen) atoms. The molecule has 0 aliphatic heterocycles. The lowest BCUT2D eigenvalue weighted by molar-refractivity contribution is -0.142. The third kappa shape index (κ3) is 3.91. The minimum atomic E-state index is -1.16. The summed E-state index contributed by atoms with van der Waals surface area (Å²) in [5.41, 5.74) is -0.0616. The number of rotatable bonds is 6. The van der Waals surface area contributed by atoms with Crippen LogP contribution in [0, 0.1) is 11.3 Å². The number of carbonyl (C=O) groups excluding carboxylic acids is 1. The Morgan fingerprint density at radius 2 is 1.79 bits per heavy atom. The molecule has 1 rings (SSSR count). The first-order chi connectivity index (χ1) is 8.79. The number of ether oxygens (including phenoxy) is 1. The van der Waals surface area contributed by atoms with Crippen LogP contribution in [0.4, 0.5) is 0 Å². The Labute approximate surface area is 120 Å². The maximum atomic E-state index is 12.7. The number of hydrogen-bond donors (Lipinski definition) is 0. The molecule has 2 nitrogen and oxygen atoms in total. The fourth-order valence-electron chi connectivity index (χ4n) is 3.87. The van der Waals surface area contributed by atoms with Crippen molar-refractivity contribution in [2.45, 2.75) is 78.2 Å². The van der Waals surface area contributed by atoms with Crippen LogP contribution in [0.25, 0.3) is 0 Å². The van der Waals surface area contributed by atoms with Gasteiger partial charge in [-0.15, -0.1) is 0 Å². The molecule has 0 heterocycles. The molecule has 112 valence electrons. The van der Waals surface area contributed by atoms with Gasteiger partial charge in [0, 0.05) is 26.5 Å². The molecule has 1 saturated carbocycles. The van der Waals surface area contributed by atoms with Crippen molar-refractivity contribution >= 4 is 13.9 Å². The number of ketones is 1. The van der Waals surface area contributed by atoms with Gasteiger partial charge in [-0.05, 0) is 32.1 Å². The maximum Gasteiger partial charge on any atom is 0.141 e. The molecule has 1 aliphatic rings. The van der Waals surface area contributed by atoms with Crippen molar-refractivity contribution in [2.75, 3.05) is 6.61 Å². The molecule has 2 atom stereocenters. The first-order valence-electron chi connectivity index (χ1n) is 7.94. The lowest BCUT2D eigenvalue weighted by Crippen LogP contribution is -2.48. The van der Waals surface area contributed by atoms with Crippen molar-refractivity contribution in [1.82, 2.24) is 0 Å². The average molecular weight is 285 g/mol. The molecule has 1 aliphatic carbocycles. The van der Waals surface area contributed by atoms with Gasteiger partial charge in [-0.1, -0.05) is 39.5 Å². The van der Waals surface area contributed by atoms with E-state index in [4.69, 9.17) is 4.74 Å². The Morgan fingerprint density at radius 3 is 2.21 bits per heavy atom. The van der Waals surface area contributed by atoms with E-state index < -0.39 is 8.07 Å². The Hall–Kier alpha value is -0.153. The van der Waals surface area contributed by atoms with Gasteiger partial charge in [-0.2, -0.15) is 0 Å². The van der Waals surface area contributed by atoms with E-state index in [9.17, 15) is 4.79 Å². The van der Waals surface area contributed by atoms with Gasteiger partial charge in [-0.3, -0.25) is 4.79 Å². The second-order valence-corrected chi connectivity index (χ2v) is 12.8. The van der Waals surface area contributed by atoms with Crippen LogP contribution in [-0.2, 0) is 9.53 Å². The van der Waals surface area contributed by atoms with Crippen molar-refractivity contribution < 1.29 is 9.53 Å². The van der Waals surface area contributed by atoms with Crippen LogP contribution in [0.1, 0.15) is 46.5 Å². The summed E-state index contributed by atoms with van der Waals surface area (Å²) in [7, 11) is -1.16. The van der Waals surface area contributed by atoms with Crippen molar-refractivity contribution in [1.29, 1.82) is 0 Å². The minimum absolute atomic E-state index is 0.0616. The molecule has 0 N–H and O–H groups in total. The summed E-state index contributed by atoms with van der Waals surface area (Å²) in [6, 6.07) is 1.25. The third-order valence-corrected chi connectivity index (χ3v) is 6.54.